The summed E-state index contributed by atoms with van der Waals surface area (Å²) in [6.45, 7) is 0. The molecule has 12 aromatic carbocycles. The van der Waals surface area contributed by atoms with Crippen molar-refractivity contribution in [1.82, 2.24) is 43.2 Å². The molecule has 0 aliphatic carbocycles. The lowest BCUT2D eigenvalue weighted by Crippen LogP contribution is -2.04. The molecule has 0 aliphatic rings. The molecule has 8 aromatic heterocycles. The topological polar surface area (TPSA) is 84.2 Å². The number of rotatable bonds is 10. The van der Waals surface area contributed by atoms with E-state index < -0.39 is 0 Å². The third-order valence-electron chi connectivity index (χ3n) is 19.7. The molecule has 0 atom stereocenters. The second kappa shape index (κ2) is 22.1. The Labute approximate surface area is 562 Å². The first-order chi connectivity index (χ1) is 48.6. The Hall–Kier alpha value is -13.4. The zero-order chi connectivity index (χ0) is 64.4. The van der Waals surface area contributed by atoms with Crippen LogP contribution in [0.15, 0.2) is 334 Å². The minimum absolute atomic E-state index is 0.647. The molecule has 98 heavy (non-hydrogen) atoms. The van der Waals surface area contributed by atoms with Crippen molar-refractivity contribution in [3.05, 3.63) is 334 Å². The minimum Gasteiger partial charge on any atom is -0.309 e. The fourth-order valence-electron chi connectivity index (χ4n) is 15.3. The van der Waals surface area contributed by atoms with Gasteiger partial charge in [-0.05, 0) is 115 Å². The van der Waals surface area contributed by atoms with Gasteiger partial charge >= 0.3 is 0 Å². The second-order valence-corrected chi connectivity index (χ2v) is 25.2. The van der Waals surface area contributed by atoms with Crippen LogP contribution in [-0.2, 0) is 0 Å². The molecule has 8 heterocycles. The van der Waals surface area contributed by atoms with E-state index in [-0.39, 0.29) is 0 Å². The van der Waals surface area contributed by atoms with E-state index in [1.165, 1.54) is 43.1 Å². The van der Waals surface area contributed by atoms with Crippen molar-refractivity contribution in [2.45, 2.75) is 0 Å². The first-order valence-electron chi connectivity index (χ1n) is 33.1. The Bertz CT molecular complexity index is 5720. The van der Waals surface area contributed by atoms with Crippen molar-refractivity contribution in [2.24, 2.45) is 0 Å². The summed E-state index contributed by atoms with van der Waals surface area (Å²) in [4.78, 5) is 27.5. The summed E-state index contributed by atoms with van der Waals surface area (Å²) in [6, 6.07) is 113. The van der Waals surface area contributed by atoms with Crippen LogP contribution in [0, 0.1) is 0 Å². The molecule has 0 spiro atoms. The molecule has 0 saturated carbocycles. The number of benzene rings is 12. The molecule has 20 aromatic rings. The van der Waals surface area contributed by atoms with E-state index in [1.54, 1.807) is 0 Å². The highest BCUT2D eigenvalue weighted by atomic mass is 15.0. The van der Waals surface area contributed by atoms with E-state index in [9.17, 15) is 0 Å². The molecule has 0 amide bonds. The van der Waals surface area contributed by atoms with E-state index >= 15 is 0 Å². The molecular weight excluding hydrogens is 1200 g/mol. The van der Waals surface area contributed by atoms with E-state index in [2.05, 4.69) is 304 Å². The van der Waals surface area contributed by atoms with Gasteiger partial charge in [0.15, 0.2) is 0 Å². The minimum atomic E-state index is 0.647. The van der Waals surface area contributed by atoms with Crippen LogP contribution in [0.4, 0.5) is 0 Å². The van der Waals surface area contributed by atoms with Gasteiger partial charge in [-0.3, -0.25) is 15.0 Å². The highest BCUT2D eigenvalue weighted by Crippen LogP contribution is 2.45. The lowest BCUT2D eigenvalue weighted by Gasteiger charge is -2.19. The highest BCUT2D eigenvalue weighted by molar-refractivity contribution is 6.14. The predicted octanol–water partition coefficient (Wildman–Crippen LogP) is 22.2. The normalized spacial score (nSPS) is 11.9. The molecule has 0 saturated heterocycles. The van der Waals surface area contributed by atoms with Crippen molar-refractivity contribution < 1.29 is 0 Å². The van der Waals surface area contributed by atoms with Crippen molar-refractivity contribution in [3.63, 3.8) is 0 Å². The number of pyridine rings is 3. The zero-order valence-corrected chi connectivity index (χ0v) is 52.8. The summed E-state index contributed by atoms with van der Waals surface area (Å²) in [5, 5.41) is 9.41. The average molecular weight is 1250 g/mol. The Balaban J connectivity index is 0.916. The maximum absolute atomic E-state index is 6.11. The second-order valence-electron chi connectivity index (χ2n) is 25.2. The molecule has 0 unspecified atom stereocenters. The molecule has 0 N–H and O–H groups in total. The fourth-order valence-corrected chi connectivity index (χ4v) is 15.3. The SMILES string of the molecule is c1ccc(-c2ccc(-c3nc4c(-c5cc(-n6c7ccccc7c7ccccc76)cc(-n6c7ccccc7c7ccccc76)c5)cnc(-c5cc(-n6c7ccccc7c7ccccc76)cc(-n6c7ccccc7c7ccccc76)c5)c4nc3-c3ccc(-c4ccccn4)cc3)cc2)nc1. The average Bonchev–Trinajstić information content (AvgIpc) is 1.44. The van der Waals surface area contributed by atoms with Crippen LogP contribution in [0.3, 0.4) is 0 Å². The summed E-state index contributed by atoms with van der Waals surface area (Å²) >= 11 is 0. The third-order valence-corrected chi connectivity index (χ3v) is 19.7. The molecule has 9 heteroatoms. The smallest absolute Gasteiger partial charge is 0.116 e. The van der Waals surface area contributed by atoms with Gasteiger partial charge in [0.25, 0.3) is 0 Å². The van der Waals surface area contributed by atoms with E-state index in [4.69, 9.17) is 24.9 Å². The molecule has 20 rings (SSSR count). The van der Waals surface area contributed by atoms with Gasteiger partial charge in [-0.2, -0.15) is 0 Å². The lowest BCUT2D eigenvalue weighted by molar-refractivity contribution is 1.13. The molecule has 0 bridgehead atoms. The summed E-state index contributed by atoms with van der Waals surface area (Å²) in [6.07, 6.45) is 5.73. The highest BCUT2D eigenvalue weighted by Gasteiger charge is 2.26. The lowest BCUT2D eigenvalue weighted by atomic mass is 9.97. The maximum Gasteiger partial charge on any atom is 0.116 e. The van der Waals surface area contributed by atoms with Crippen LogP contribution in [0.1, 0.15) is 0 Å². The molecular formula is C89H55N9. The van der Waals surface area contributed by atoms with Crippen LogP contribution in [0.2, 0.25) is 0 Å². The number of hydrogen-bond donors (Lipinski definition) is 0. The number of fused-ring (bicyclic) bond motifs is 13. The van der Waals surface area contributed by atoms with Gasteiger partial charge in [0.05, 0.1) is 72.6 Å². The van der Waals surface area contributed by atoms with Crippen molar-refractivity contribution in [2.75, 3.05) is 0 Å². The van der Waals surface area contributed by atoms with Gasteiger partial charge < -0.3 is 18.3 Å². The van der Waals surface area contributed by atoms with Gasteiger partial charge in [0, 0.05) is 118 Å². The molecule has 0 fully saturated rings. The Morgan fingerprint density at radius 1 is 0.204 bits per heavy atom. The van der Waals surface area contributed by atoms with Crippen LogP contribution in [0.25, 0.3) is 188 Å². The summed E-state index contributed by atoms with van der Waals surface area (Å²) in [5.41, 5.74) is 24.4. The maximum atomic E-state index is 6.11. The van der Waals surface area contributed by atoms with E-state index in [0.29, 0.717) is 22.4 Å². The summed E-state index contributed by atoms with van der Waals surface area (Å²) < 4.78 is 9.65. The molecule has 0 radical (unpaired) electrons. The molecule has 456 valence electrons. The van der Waals surface area contributed by atoms with E-state index in [0.717, 1.165) is 123 Å². The largest absolute Gasteiger partial charge is 0.309 e. The van der Waals surface area contributed by atoms with Crippen LogP contribution >= 0.6 is 0 Å². The number of hydrogen-bond acceptors (Lipinski definition) is 5. The van der Waals surface area contributed by atoms with Gasteiger partial charge in [-0.1, -0.05) is 206 Å². The number of para-hydroxylation sites is 8. The summed E-state index contributed by atoms with van der Waals surface area (Å²) in [7, 11) is 0. The van der Waals surface area contributed by atoms with Crippen LogP contribution in [0.5, 0.6) is 0 Å². The third kappa shape index (κ3) is 8.70. The van der Waals surface area contributed by atoms with Crippen molar-refractivity contribution in [3.8, 4) is 90.2 Å². The van der Waals surface area contributed by atoms with Crippen LogP contribution < -0.4 is 0 Å². The van der Waals surface area contributed by atoms with Crippen LogP contribution in [-0.4, -0.2) is 43.2 Å². The zero-order valence-electron chi connectivity index (χ0n) is 52.8. The number of nitrogens with zero attached hydrogens (tertiary/aromatic N) is 9. The first kappa shape index (κ1) is 55.1. The molecule has 9 nitrogen and oxygen atoms in total. The summed E-state index contributed by atoms with van der Waals surface area (Å²) in [5.74, 6) is 0. The predicted molar refractivity (Wildman–Crippen MR) is 403 cm³/mol. The van der Waals surface area contributed by atoms with Gasteiger partial charge in [0.2, 0.25) is 0 Å². The first-order valence-corrected chi connectivity index (χ1v) is 33.1. The number of aromatic nitrogens is 9. The standard InChI is InChI=1S/C89H55N9/c1-9-31-77-66(21-1)67-22-2-10-32-78(67)95(77)62-49-60(50-63(53-62)96-79-33-11-3-23-68(79)69-24-4-12-34-80(69)96)74-55-92-85(89-88(74)93-86(58-43-39-56(40-44-58)75-29-17-19-47-90-75)87(94-89)59-45-41-57(42-46-59)76-30-18-20-48-91-76)61-51-64(97-81-35-13-5-25-70(81)71-26-6-14-36-82(71)97)54-65(52-61)98-83-37-15-7-27-72(83)73-28-8-16-38-84(73)98/h1-55H. The van der Waals surface area contributed by atoms with Crippen molar-refractivity contribution >= 4 is 98.3 Å². The Kier molecular flexibility index (Phi) is 12.4. The van der Waals surface area contributed by atoms with Gasteiger partial charge in [0.1, 0.15) is 11.0 Å². The van der Waals surface area contributed by atoms with Gasteiger partial charge in [-0.25, -0.2) is 9.97 Å². The monoisotopic (exact) mass is 1250 g/mol. The Morgan fingerprint density at radius 2 is 0.480 bits per heavy atom. The van der Waals surface area contributed by atoms with E-state index in [1.807, 2.05) is 48.8 Å². The Morgan fingerprint density at radius 3 is 0.786 bits per heavy atom. The van der Waals surface area contributed by atoms with Crippen molar-refractivity contribution in [1.29, 1.82) is 0 Å². The quantitative estimate of drug-likeness (QED) is 0.136. The van der Waals surface area contributed by atoms with Gasteiger partial charge in [-0.15, -0.1) is 0 Å². The molecule has 0 aliphatic heterocycles. The fraction of sp³-hybridized carbons (Fsp3) is 0.